The van der Waals surface area contributed by atoms with Crippen LogP contribution in [0.25, 0.3) is 0 Å². The average molecular weight is 368 g/mol. The summed E-state index contributed by atoms with van der Waals surface area (Å²) in [5, 5.41) is 2.85. The predicted molar refractivity (Wildman–Crippen MR) is 70.4 cm³/mol. The lowest BCUT2D eigenvalue weighted by Gasteiger charge is -2.05. The van der Waals surface area contributed by atoms with Crippen molar-refractivity contribution in [2.24, 2.45) is 0 Å². The second-order valence-electron chi connectivity index (χ2n) is 2.93. The third-order valence-electron chi connectivity index (χ3n) is 1.68. The lowest BCUT2D eigenvalue weighted by Crippen LogP contribution is -2.10. The molecule has 0 bridgehead atoms. The van der Waals surface area contributed by atoms with Crippen molar-refractivity contribution in [1.82, 2.24) is 0 Å². The molecule has 0 atom stereocenters. The Kier molecular flexibility index (Phi) is 4.88. The molecule has 0 spiro atoms. The molecule has 0 aliphatic heterocycles. The van der Waals surface area contributed by atoms with E-state index in [1.165, 1.54) is 0 Å². The van der Waals surface area contributed by atoms with Crippen LogP contribution < -0.4 is 5.32 Å². The largest absolute Gasteiger partial charge is 0.326 e. The monoisotopic (exact) mass is 367 g/mol. The van der Waals surface area contributed by atoms with Gasteiger partial charge in [-0.05, 0) is 63.1 Å². The van der Waals surface area contributed by atoms with Crippen molar-refractivity contribution in [3.05, 3.63) is 26.2 Å². The summed E-state index contributed by atoms with van der Waals surface area (Å²) in [7, 11) is 0. The molecule has 0 aliphatic carbocycles. The third kappa shape index (κ3) is 3.57. The van der Waals surface area contributed by atoms with E-state index in [-0.39, 0.29) is 5.91 Å². The Morgan fingerprint density at radius 1 is 1.57 bits per heavy atom. The van der Waals surface area contributed by atoms with Gasteiger partial charge in [-0.2, -0.15) is 0 Å². The van der Waals surface area contributed by atoms with Gasteiger partial charge in [0.05, 0.1) is 0 Å². The molecule has 0 unspecified atom stereocenters. The van der Waals surface area contributed by atoms with Gasteiger partial charge in [0.1, 0.15) is 0 Å². The van der Waals surface area contributed by atoms with E-state index < -0.39 is 0 Å². The number of carbonyl (C=O) groups is 1. The summed E-state index contributed by atoms with van der Waals surface area (Å²) in [5.74, 6) is 0.0747. The molecule has 0 heterocycles. The van der Waals surface area contributed by atoms with E-state index in [4.69, 9.17) is 0 Å². The van der Waals surface area contributed by atoms with E-state index in [2.05, 4.69) is 43.8 Å². The lowest BCUT2D eigenvalue weighted by atomic mass is 10.3. The number of hydrogen-bond donors (Lipinski definition) is 1. The van der Waals surface area contributed by atoms with Crippen LogP contribution in [0.15, 0.2) is 22.7 Å². The summed E-state index contributed by atoms with van der Waals surface area (Å²) >= 11 is 5.63. The van der Waals surface area contributed by atoms with Crippen LogP contribution in [-0.2, 0) is 4.79 Å². The summed E-state index contributed by atoms with van der Waals surface area (Å²) in [6.07, 6.45) is 1.45. The first kappa shape index (κ1) is 12.0. The molecule has 0 saturated carbocycles. The zero-order valence-electron chi connectivity index (χ0n) is 7.81. The van der Waals surface area contributed by atoms with Crippen molar-refractivity contribution in [3.8, 4) is 0 Å². The number of halogens is 2. The molecule has 14 heavy (non-hydrogen) atoms. The zero-order valence-corrected chi connectivity index (χ0v) is 11.6. The molecular formula is C10H11BrINO. The van der Waals surface area contributed by atoms with Crippen molar-refractivity contribution in [2.75, 3.05) is 5.32 Å². The Morgan fingerprint density at radius 3 is 2.86 bits per heavy atom. The number of rotatable bonds is 3. The second-order valence-corrected chi connectivity index (χ2v) is 4.94. The highest BCUT2D eigenvalue weighted by molar-refractivity contribution is 14.1. The predicted octanol–water partition coefficient (Wildman–Crippen LogP) is 3.79. The van der Waals surface area contributed by atoms with Gasteiger partial charge in [-0.15, -0.1) is 0 Å². The maximum atomic E-state index is 11.3. The first-order chi connectivity index (χ1) is 6.63. The van der Waals surface area contributed by atoms with Gasteiger partial charge < -0.3 is 5.32 Å². The van der Waals surface area contributed by atoms with Crippen LogP contribution >= 0.6 is 38.5 Å². The lowest BCUT2D eigenvalue weighted by molar-refractivity contribution is -0.116. The Morgan fingerprint density at radius 2 is 2.29 bits per heavy atom. The van der Waals surface area contributed by atoms with Crippen molar-refractivity contribution in [1.29, 1.82) is 0 Å². The van der Waals surface area contributed by atoms with E-state index in [9.17, 15) is 4.79 Å². The summed E-state index contributed by atoms with van der Waals surface area (Å²) in [5.41, 5.74) is 0.857. The number of nitrogens with one attached hydrogen (secondary N) is 1. The van der Waals surface area contributed by atoms with E-state index in [0.717, 1.165) is 20.2 Å². The Balaban J connectivity index is 2.68. The van der Waals surface area contributed by atoms with E-state index in [0.29, 0.717) is 6.42 Å². The van der Waals surface area contributed by atoms with Crippen LogP contribution in [0.3, 0.4) is 0 Å². The highest BCUT2D eigenvalue weighted by Crippen LogP contribution is 2.22. The van der Waals surface area contributed by atoms with E-state index >= 15 is 0 Å². The molecule has 0 saturated heterocycles. The first-order valence-electron chi connectivity index (χ1n) is 4.38. The van der Waals surface area contributed by atoms with Gasteiger partial charge in [-0.25, -0.2) is 0 Å². The minimum Gasteiger partial charge on any atom is -0.326 e. The molecular weight excluding hydrogens is 357 g/mol. The average Bonchev–Trinajstić information content (AvgIpc) is 2.12. The highest BCUT2D eigenvalue weighted by atomic mass is 127. The number of carbonyl (C=O) groups excluding carboxylic acids is 1. The fourth-order valence-corrected chi connectivity index (χ4v) is 1.79. The molecule has 76 valence electrons. The molecule has 0 aliphatic rings. The first-order valence-corrected chi connectivity index (χ1v) is 6.25. The summed E-state index contributed by atoms with van der Waals surface area (Å²) < 4.78 is 2.14. The van der Waals surface area contributed by atoms with Crippen LogP contribution in [0.4, 0.5) is 5.69 Å². The standard InChI is InChI=1S/C10H11BrINO/c1-2-3-10(14)13-7-4-5-8(11)9(12)6-7/h4-6H,2-3H2,1H3,(H,13,14). The Labute approximate surface area is 106 Å². The zero-order chi connectivity index (χ0) is 10.6. The normalized spacial score (nSPS) is 9.93. The SMILES string of the molecule is CCCC(=O)Nc1ccc(Br)c(I)c1. The van der Waals surface area contributed by atoms with Gasteiger partial charge in [-0.3, -0.25) is 4.79 Å². The van der Waals surface area contributed by atoms with Crippen molar-refractivity contribution in [2.45, 2.75) is 19.8 Å². The molecule has 0 fully saturated rings. The van der Waals surface area contributed by atoms with Gasteiger partial charge in [-0.1, -0.05) is 6.92 Å². The number of benzene rings is 1. The van der Waals surface area contributed by atoms with Crippen LogP contribution in [0.1, 0.15) is 19.8 Å². The molecule has 0 radical (unpaired) electrons. The maximum Gasteiger partial charge on any atom is 0.224 e. The number of hydrogen-bond acceptors (Lipinski definition) is 1. The maximum absolute atomic E-state index is 11.3. The van der Waals surface area contributed by atoms with E-state index in [1.54, 1.807) is 0 Å². The minimum atomic E-state index is 0.0747. The topological polar surface area (TPSA) is 29.1 Å². The smallest absolute Gasteiger partial charge is 0.224 e. The molecule has 1 N–H and O–H groups in total. The van der Waals surface area contributed by atoms with Gasteiger partial charge in [0, 0.05) is 20.2 Å². The molecule has 4 heteroatoms. The highest BCUT2D eigenvalue weighted by Gasteiger charge is 2.02. The quantitative estimate of drug-likeness (QED) is 0.809. The fraction of sp³-hybridized carbons (Fsp3) is 0.300. The Hall–Kier alpha value is -0.100. The van der Waals surface area contributed by atoms with Crippen molar-refractivity contribution >= 4 is 50.1 Å². The van der Waals surface area contributed by atoms with Gasteiger partial charge in [0.2, 0.25) is 5.91 Å². The second kappa shape index (κ2) is 5.70. The third-order valence-corrected chi connectivity index (χ3v) is 4.01. The Bertz CT molecular complexity index is 341. The number of anilines is 1. The van der Waals surface area contributed by atoms with Gasteiger partial charge >= 0.3 is 0 Å². The molecule has 0 aromatic heterocycles. The summed E-state index contributed by atoms with van der Waals surface area (Å²) in [6.45, 7) is 1.99. The molecule has 2 nitrogen and oxygen atoms in total. The minimum absolute atomic E-state index is 0.0747. The molecule has 1 rings (SSSR count). The molecule has 1 aromatic rings. The van der Waals surface area contributed by atoms with Crippen LogP contribution in [-0.4, -0.2) is 5.91 Å². The van der Waals surface area contributed by atoms with Crippen molar-refractivity contribution < 1.29 is 4.79 Å². The summed E-state index contributed by atoms with van der Waals surface area (Å²) in [4.78, 5) is 11.3. The van der Waals surface area contributed by atoms with Gasteiger partial charge in [0.15, 0.2) is 0 Å². The van der Waals surface area contributed by atoms with Crippen molar-refractivity contribution in [3.63, 3.8) is 0 Å². The van der Waals surface area contributed by atoms with Crippen LogP contribution in [0.2, 0.25) is 0 Å². The summed E-state index contributed by atoms with van der Waals surface area (Å²) in [6, 6.07) is 5.77. The molecule has 1 amide bonds. The van der Waals surface area contributed by atoms with Gasteiger partial charge in [0.25, 0.3) is 0 Å². The van der Waals surface area contributed by atoms with Crippen LogP contribution in [0.5, 0.6) is 0 Å². The molecule has 1 aromatic carbocycles. The fourth-order valence-electron chi connectivity index (χ4n) is 1.02. The number of amides is 1. The van der Waals surface area contributed by atoms with Crippen LogP contribution in [0, 0.1) is 3.57 Å². The van der Waals surface area contributed by atoms with E-state index in [1.807, 2.05) is 25.1 Å².